The molecule has 4 nitrogen and oxygen atoms in total. The third kappa shape index (κ3) is 6.71. The molecule has 0 heterocycles. The topological polar surface area (TPSA) is 64.3 Å². The minimum atomic E-state index is -0.150. The second-order valence-electron chi connectivity index (χ2n) is 6.49. The van der Waals surface area contributed by atoms with Gasteiger partial charge >= 0.3 is 0 Å². The van der Waals surface area contributed by atoms with Crippen LogP contribution in [0.3, 0.4) is 0 Å². The number of carbonyl (C=O) groups excluding carboxylic acids is 1. The molecule has 3 N–H and O–H groups in total. The highest BCUT2D eigenvalue weighted by atomic mass is 16.5. The minimum absolute atomic E-state index is 0.150. The summed E-state index contributed by atoms with van der Waals surface area (Å²) in [7, 11) is 0. The molecule has 0 saturated heterocycles. The van der Waals surface area contributed by atoms with Gasteiger partial charge in [-0.15, -0.1) is 12.3 Å². The van der Waals surface area contributed by atoms with Crippen molar-refractivity contribution in [2.75, 3.05) is 6.61 Å². The van der Waals surface area contributed by atoms with Crippen molar-refractivity contribution in [2.24, 2.45) is 5.73 Å². The van der Waals surface area contributed by atoms with E-state index in [1.165, 1.54) is 5.57 Å². The number of nitrogens with two attached hydrogens (primary N) is 1. The molecule has 27 heavy (non-hydrogen) atoms. The molecule has 1 aromatic rings. The summed E-state index contributed by atoms with van der Waals surface area (Å²) in [6.45, 7) is 3.19. The summed E-state index contributed by atoms with van der Waals surface area (Å²) in [5, 5.41) is 2.93. The van der Waals surface area contributed by atoms with Crippen LogP contribution in [0.5, 0.6) is 5.75 Å². The van der Waals surface area contributed by atoms with Crippen molar-refractivity contribution in [1.82, 2.24) is 5.32 Å². The molecule has 0 aromatic heterocycles. The number of benzene rings is 1. The maximum Gasteiger partial charge on any atom is 0.253 e. The van der Waals surface area contributed by atoms with Crippen molar-refractivity contribution in [2.45, 2.75) is 45.6 Å². The predicted octanol–water partition coefficient (Wildman–Crippen LogP) is 3.99. The molecule has 0 bridgehead atoms. The van der Waals surface area contributed by atoms with Gasteiger partial charge in [0, 0.05) is 25.1 Å². The van der Waals surface area contributed by atoms with Gasteiger partial charge in [0.15, 0.2) is 0 Å². The zero-order valence-corrected chi connectivity index (χ0v) is 16.0. The van der Waals surface area contributed by atoms with Crippen LogP contribution < -0.4 is 15.8 Å². The molecule has 0 fully saturated rings. The smallest absolute Gasteiger partial charge is 0.253 e. The molecule has 0 saturated carbocycles. The summed E-state index contributed by atoms with van der Waals surface area (Å²) in [5.74, 6) is 3.30. The molecule has 0 atom stereocenters. The van der Waals surface area contributed by atoms with Crippen LogP contribution in [0.25, 0.3) is 0 Å². The number of ether oxygens (including phenoxy) is 1. The van der Waals surface area contributed by atoms with E-state index in [0.29, 0.717) is 30.8 Å². The van der Waals surface area contributed by atoms with Crippen LogP contribution in [0.4, 0.5) is 0 Å². The van der Waals surface area contributed by atoms with Gasteiger partial charge in [-0.1, -0.05) is 36.8 Å². The van der Waals surface area contributed by atoms with Gasteiger partial charge in [-0.25, -0.2) is 0 Å². The van der Waals surface area contributed by atoms with Crippen LogP contribution in [-0.4, -0.2) is 12.5 Å². The average molecular weight is 364 g/mol. The molecule has 0 spiro atoms. The van der Waals surface area contributed by atoms with Crippen molar-refractivity contribution < 1.29 is 9.53 Å². The summed E-state index contributed by atoms with van der Waals surface area (Å²) in [6.07, 6.45) is 15.2. The van der Waals surface area contributed by atoms with E-state index in [0.717, 1.165) is 37.0 Å². The molecule has 0 unspecified atom stereocenters. The standard InChI is InChI=1S/C23H28N2O2/c1-3-5-6-7-15-27-20-13-11-19(12-14-20)17-25-23(26)21-10-8-9-18(4-2)16-22(21)24/h1,8-14H,4-7,15-17,24H2,2H3,(H,25,26). The van der Waals surface area contributed by atoms with Crippen LogP contribution in [0.2, 0.25) is 0 Å². The molecule has 142 valence electrons. The van der Waals surface area contributed by atoms with E-state index in [4.69, 9.17) is 16.9 Å². The van der Waals surface area contributed by atoms with Crippen LogP contribution in [-0.2, 0) is 11.3 Å². The third-order valence-corrected chi connectivity index (χ3v) is 4.42. The van der Waals surface area contributed by atoms with Gasteiger partial charge in [0.25, 0.3) is 5.91 Å². The first-order chi connectivity index (χ1) is 13.1. The number of unbranched alkanes of at least 4 members (excludes halogenated alkanes) is 2. The van der Waals surface area contributed by atoms with Crippen molar-refractivity contribution >= 4 is 5.91 Å². The summed E-state index contributed by atoms with van der Waals surface area (Å²) in [6, 6.07) is 7.74. The van der Waals surface area contributed by atoms with E-state index in [1.54, 1.807) is 6.08 Å². The lowest BCUT2D eigenvalue weighted by Gasteiger charge is -2.10. The number of terminal acetylenes is 1. The van der Waals surface area contributed by atoms with Crippen molar-refractivity contribution in [1.29, 1.82) is 0 Å². The summed E-state index contributed by atoms with van der Waals surface area (Å²) >= 11 is 0. The van der Waals surface area contributed by atoms with E-state index >= 15 is 0 Å². The SMILES string of the molecule is C#CCCCCOc1ccc(CNC(=O)C2=C(N)CC(CC)=CC=C2)cc1. The normalized spacial score (nSPS) is 13.6. The van der Waals surface area contributed by atoms with E-state index < -0.39 is 0 Å². The Labute approximate surface area is 162 Å². The first-order valence-electron chi connectivity index (χ1n) is 9.42. The van der Waals surface area contributed by atoms with Gasteiger partial charge in [0.1, 0.15) is 5.75 Å². The molecule has 0 aliphatic heterocycles. The van der Waals surface area contributed by atoms with Gasteiger partial charge in [-0.2, -0.15) is 0 Å². The van der Waals surface area contributed by atoms with Crippen molar-refractivity contribution in [3.05, 3.63) is 64.9 Å². The summed E-state index contributed by atoms with van der Waals surface area (Å²) < 4.78 is 5.68. The maximum atomic E-state index is 12.5. The van der Waals surface area contributed by atoms with Crippen LogP contribution in [0, 0.1) is 12.3 Å². The fourth-order valence-electron chi connectivity index (χ4n) is 2.75. The first-order valence-corrected chi connectivity index (χ1v) is 9.42. The molecule has 1 aromatic carbocycles. The van der Waals surface area contributed by atoms with Gasteiger partial charge < -0.3 is 15.8 Å². The summed E-state index contributed by atoms with van der Waals surface area (Å²) in [5.41, 5.74) is 9.50. The average Bonchev–Trinajstić information content (AvgIpc) is 2.88. The summed E-state index contributed by atoms with van der Waals surface area (Å²) in [4.78, 5) is 12.5. The zero-order chi connectivity index (χ0) is 19.5. The second-order valence-corrected chi connectivity index (χ2v) is 6.49. The Morgan fingerprint density at radius 3 is 2.78 bits per heavy atom. The zero-order valence-electron chi connectivity index (χ0n) is 16.0. The Morgan fingerprint density at radius 1 is 1.30 bits per heavy atom. The van der Waals surface area contributed by atoms with E-state index in [1.807, 2.05) is 36.4 Å². The highest BCUT2D eigenvalue weighted by Crippen LogP contribution is 2.19. The number of carbonyl (C=O) groups is 1. The molecule has 4 heteroatoms. The van der Waals surface area contributed by atoms with E-state index in [-0.39, 0.29) is 5.91 Å². The van der Waals surface area contributed by atoms with Crippen LogP contribution in [0.15, 0.2) is 59.3 Å². The first kappa shape index (κ1) is 20.4. The quantitative estimate of drug-likeness (QED) is 0.514. The molecular formula is C23H28N2O2. The Hall–Kier alpha value is -2.93. The monoisotopic (exact) mass is 364 g/mol. The highest BCUT2D eigenvalue weighted by Gasteiger charge is 2.13. The lowest BCUT2D eigenvalue weighted by molar-refractivity contribution is -0.117. The Balaban J connectivity index is 1.82. The number of rotatable bonds is 9. The van der Waals surface area contributed by atoms with Crippen molar-refractivity contribution in [3.8, 4) is 18.1 Å². The van der Waals surface area contributed by atoms with Crippen LogP contribution >= 0.6 is 0 Å². The number of hydrogen-bond acceptors (Lipinski definition) is 3. The maximum absolute atomic E-state index is 12.5. The fraction of sp³-hybridized carbons (Fsp3) is 0.348. The predicted molar refractivity (Wildman–Crippen MR) is 110 cm³/mol. The molecule has 1 aliphatic rings. The van der Waals surface area contributed by atoms with E-state index in [9.17, 15) is 4.79 Å². The molecule has 1 amide bonds. The number of amides is 1. The number of allylic oxidation sites excluding steroid dienone is 3. The largest absolute Gasteiger partial charge is 0.494 e. The van der Waals surface area contributed by atoms with Crippen molar-refractivity contribution in [3.63, 3.8) is 0 Å². The fourth-order valence-corrected chi connectivity index (χ4v) is 2.75. The number of hydrogen-bond donors (Lipinski definition) is 2. The molecular weight excluding hydrogens is 336 g/mol. The second kappa shape index (κ2) is 10.9. The lowest BCUT2D eigenvalue weighted by atomic mass is 10.1. The molecule has 1 aliphatic carbocycles. The Bertz CT molecular complexity index is 765. The number of nitrogens with one attached hydrogen (secondary N) is 1. The highest BCUT2D eigenvalue weighted by molar-refractivity contribution is 5.97. The Kier molecular flexibility index (Phi) is 8.25. The lowest BCUT2D eigenvalue weighted by Crippen LogP contribution is -2.26. The van der Waals surface area contributed by atoms with Gasteiger partial charge in [-0.05, 0) is 43.0 Å². The van der Waals surface area contributed by atoms with Gasteiger partial charge in [-0.3, -0.25) is 4.79 Å². The molecule has 2 rings (SSSR count). The third-order valence-electron chi connectivity index (χ3n) is 4.42. The van der Waals surface area contributed by atoms with E-state index in [2.05, 4.69) is 18.2 Å². The minimum Gasteiger partial charge on any atom is -0.494 e. The Morgan fingerprint density at radius 2 is 2.07 bits per heavy atom. The van der Waals surface area contributed by atoms with Gasteiger partial charge in [0.05, 0.1) is 12.2 Å². The van der Waals surface area contributed by atoms with Crippen LogP contribution in [0.1, 0.15) is 44.6 Å². The molecule has 0 radical (unpaired) electrons. The van der Waals surface area contributed by atoms with Gasteiger partial charge in [0.2, 0.25) is 0 Å².